The summed E-state index contributed by atoms with van der Waals surface area (Å²) in [5.74, 6) is -0.514. The fourth-order valence-electron chi connectivity index (χ4n) is 2.63. The highest BCUT2D eigenvalue weighted by molar-refractivity contribution is 7.89. The Morgan fingerprint density at radius 2 is 1.33 bits per heavy atom. The zero-order valence-electron chi connectivity index (χ0n) is 16.1. The third kappa shape index (κ3) is 5.64. The van der Waals surface area contributed by atoms with Crippen LogP contribution in [0.3, 0.4) is 0 Å². The van der Waals surface area contributed by atoms with Gasteiger partial charge in [0.15, 0.2) is 0 Å². The standard InChI is InChI=1S/C21H21ClNO5PS/c1-2-21(23-30(25,26)20-15-13-17(22)14-16-20)29(24,27-18-9-5-3-6-10-18)28-19-11-7-4-8-12-19/h3-16,21,23H,2H2,1H3. The summed E-state index contributed by atoms with van der Waals surface area (Å²) in [5, 5.41) is 0.409. The van der Waals surface area contributed by atoms with Crippen molar-refractivity contribution in [3.8, 4) is 11.5 Å². The van der Waals surface area contributed by atoms with Crippen molar-refractivity contribution in [3.05, 3.63) is 90.0 Å². The average Bonchev–Trinajstić information content (AvgIpc) is 2.73. The van der Waals surface area contributed by atoms with Crippen LogP contribution in [-0.4, -0.2) is 14.2 Å². The molecule has 0 aliphatic rings. The minimum Gasteiger partial charge on any atom is -0.415 e. The van der Waals surface area contributed by atoms with Gasteiger partial charge in [0.1, 0.15) is 17.3 Å². The van der Waals surface area contributed by atoms with E-state index in [0.717, 1.165) is 0 Å². The lowest BCUT2D eigenvalue weighted by atomic mass is 10.3. The quantitative estimate of drug-likeness (QED) is 0.409. The molecular weight excluding hydrogens is 445 g/mol. The van der Waals surface area contributed by atoms with E-state index < -0.39 is 23.4 Å². The van der Waals surface area contributed by atoms with E-state index in [4.69, 9.17) is 20.6 Å². The van der Waals surface area contributed by atoms with E-state index in [1.54, 1.807) is 67.6 Å². The maximum absolute atomic E-state index is 13.9. The fraction of sp³-hybridized carbons (Fsp3) is 0.143. The van der Waals surface area contributed by atoms with Crippen molar-refractivity contribution < 1.29 is 22.0 Å². The first-order chi connectivity index (χ1) is 14.3. The predicted octanol–water partition coefficient (Wildman–Crippen LogP) is 5.71. The molecule has 6 nitrogen and oxygen atoms in total. The topological polar surface area (TPSA) is 81.7 Å². The van der Waals surface area contributed by atoms with E-state index >= 15 is 0 Å². The molecule has 3 aromatic carbocycles. The number of sulfonamides is 1. The predicted molar refractivity (Wildman–Crippen MR) is 118 cm³/mol. The average molecular weight is 466 g/mol. The third-order valence-corrected chi connectivity index (χ3v) is 8.24. The van der Waals surface area contributed by atoms with E-state index in [-0.39, 0.29) is 11.3 Å². The van der Waals surface area contributed by atoms with Crippen LogP contribution in [0.5, 0.6) is 11.5 Å². The highest BCUT2D eigenvalue weighted by Crippen LogP contribution is 2.53. The maximum atomic E-state index is 13.9. The summed E-state index contributed by atoms with van der Waals surface area (Å²) in [4.78, 5) is -0.00341. The molecule has 0 amide bonds. The zero-order chi connectivity index (χ0) is 21.6. The van der Waals surface area contributed by atoms with Gasteiger partial charge in [0.05, 0.1) is 4.90 Å². The molecule has 0 spiro atoms. The normalized spacial score (nSPS) is 12.9. The van der Waals surface area contributed by atoms with Crippen molar-refractivity contribution in [2.45, 2.75) is 24.0 Å². The van der Waals surface area contributed by atoms with E-state index in [2.05, 4.69) is 4.72 Å². The minimum atomic E-state index is -4.02. The van der Waals surface area contributed by atoms with Gasteiger partial charge >= 0.3 is 7.60 Å². The molecule has 30 heavy (non-hydrogen) atoms. The number of hydrogen-bond donors (Lipinski definition) is 1. The van der Waals surface area contributed by atoms with Crippen LogP contribution in [0.4, 0.5) is 0 Å². The van der Waals surface area contributed by atoms with Gasteiger partial charge in [-0.05, 0) is 55.0 Å². The van der Waals surface area contributed by atoms with Crippen LogP contribution < -0.4 is 13.8 Å². The van der Waals surface area contributed by atoms with Gasteiger partial charge in [-0.15, -0.1) is 0 Å². The molecule has 0 aliphatic carbocycles. The first kappa shape index (κ1) is 22.4. The molecule has 0 heterocycles. The molecule has 0 aliphatic heterocycles. The summed E-state index contributed by atoms with van der Waals surface area (Å²) in [6.07, 6.45) is 0.170. The second kappa shape index (κ2) is 9.67. The molecule has 1 N–H and O–H groups in total. The Bertz CT molecular complexity index is 1060. The number of para-hydroxylation sites is 2. The van der Waals surface area contributed by atoms with Crippen LogP contribution in [0.2, 0.25) is 5.02 Å². The van der Waals surface area contributed by atoms with Crippen LogP contribution in [0.15, 0.2) is 89.8 Å². The number of hydrogen-bond acceptors (Lipinski definition) is 5. The second-order valence-corrected chi connectivity index (χ2v) is 10.6. The summed E-state index contributed by atoms with van der Waals surface area (Å²) in [6, 6.07) is 22.7. The molecule has 0 bridgehead atoms. The van der Waals surface area contributed by atoms with Gasteiger partial charge in [0.2, 0.25) is 10.0 Å². The molecule has 0 aromatic heterocycles. The van der Waals surface area contributed by atoms with Crippen molar-refractivity contribution in [2.75, 3.05) is 0 Å². The Balaban J connectivity index is 1.95. The molecule has 0 radical (unpaired) electrons. The minimum absolute atomic E-state index is 0.00341. The summed E-state index contributed by atoms with van der Waals surface area (Å²) in [6.45, 7) is 1.70. The lowest BCUT2D eigenvalue weighted by Gasteiger charge is -2.27. The Morgan fingerprint density at radius 3 is 1.77 bits per heavy atom. The van der Waals surface area contributed by atoms with Crippen LogP contribution in [0.1, 0.15) is 13.3 Å². The van der Waals surface area contributed by atoms with Gasteiger partial charge in [0.25, 0.3) is 0 Å². The fourth-order valence-corrected chi connectivity index (χ4v) is 6.42. The summed E-state index contributed by atoms with van der Waals surface area (Å²) >= 11 is 5.85. The van der Waals surface area contributed by atoms with Crippen molar-refractivity contribution in [1.82, 2.24) is 4.72 Å². The van der Waals surface area contributed by atoms with Crippen LogP contribution in [-0.2, 0) is 14.6 Å². The maximum Gasteiger partial charge on any atom is 0.448 e. The molecule has 0 saturated heterocycles. The molecule has 0 fully saturated rings. The largest absolute Gasteiger partial charge is 0.448 e. The highest BCUT2D eigenvalue weighted by Gasteiger charge is 2.41. The van der Waals surface area contributed by atoms with E-state index in [1.807, 2.05) is 0 Å². The molecule has 0 saturated carbocycles. The van der Waals surface area contributed by atoms with Crippen molar-refractivity contribution in [2.24, 2.45) is 0 Å². The van der Waals surface area contributed by atoms with Crippen LogP contribution >= 0.6 is 19.2 Å². The monoisotopic (exact) mass is 465 g/mol. The Morgan fingerprint density at radius 1 is 0.867 bits per heavy atom. The van der Waals surface area contributed by atoms with Gasteiger partial charge < -0.3 is 9.05 Å². The molecule has 3 rings (SSSR count). The third-order valence-electron chi connectivity index (χ3n) is 4.14. The van der Waals surface area contributed by atoms with Gasteiger partial charge in [-0.25, -0.2) is 13.0 Å². The molecule has 9 heteroatoms. The van der Waals surface area contributed by atoms with Crippen molar-refractivity contribution in [1.29, 1.82) is 0 Å². The van der Waals surface area contributed by atoms with Gasteiger partial charge in [0, 0.05) is 5.02 Å². The molecular formula is C21H21ClNO5PS. The van der Waals surface area contributed by atoms with Crippen molar-refractivity contribution >= 4 is 29.2 Å². The van der Waals surface area contributed by atoms with E-state index in [9.17, 15) is 13.0 Å². The van der Waals surface area contributed by atoms with Crippen LogP contribution in [0, 0.1) is 0 Å². The van der Waals surface area contributed by atoms with Crippen LogP contribution in [0.25, 0.3) is 0 Å². The molecule has 1 atom stereocenters. The summed E-state index contributed by atoms with van der Waals surface area (Å²) < 4.78 is 53.6. The lowest BCUT2D eigenvalue weighted by molar-refractivity contribution is 0.365. The Labute approximate surface area is 181 Å². The number of halogens is 1. The lowest BCUT2D eigenvalue weighted by Crippen LogP contribution is -2.36. The molecule has 158 valence electrons. The first-order valence-corrected chi connectivity index (χ1v) is 12.7. The zero-order valence-corrected chi connectivity index (χ0v) is 18.6. The summed E-state index contributed by atoms with van der Waals surface area (Å²) in [7, 11) is -8.01. The molecule has 1 unspecified atom stereocenters. The highest BCUT2D eigenvalue weighted by atomic mass is 35.5. The Kier molecular flexibility index (Phi) is 7.21. The second-order valence-electron chi connectivity index (χ2n) is 6.35. The van der Waals surface area contributed by atoms with E-state index in [0.29, 0.717) is 16.5 Å². The first-order valence-electron chi connectivity index (χ1n) is 9.19. The number of rotatable bonds is 9. The van der Waals surface area contributed by atoms with Gasteiger partial charge in [-0.3, -0.25) is 0 Å². The summed E-state index contributed by atoms with van der Waals surface area (Å²) in [5.41, 5.74) is 0. The SMILES string of the molecule is CCC(NS(=O)(=O)c1ccc(Cl)cc1)P(=O)(Oc1ccccc1)Oc1ccccc1. The van der Waals surface area contributed by atoms with Gasteiger partial charge in [-0.1, -0.05) is 54.9 Å². The Hall–Kier alpha value is -2.31. The number of nitrogens with one attached hydrogen (secondary N) is 1. The van der Waals surface area contributed by atoms with Crippen molar-refractivity contribution in [3.63, 3.8) is 0 Å². The smallest absolute Gasteiger partial charge is 0.415 e. The van der Waals surface area contributed by atoms with E-state index in [1.165, 1.54) is 24.3 Å². The number of benzene rings is 3. The molecule has 3 aromatic rings. The van der Waals surface area contributed by atoms with Gasteiger partial charge in [-0.2, -0.15) is 4.72 Å².